The molecular formula is C11H15BrN2. The zero-order valence-electron chi connectivity index (χ0n) is 8.19. The first kappa shape index (κ1) is 9.97. The number of anilines is 1. The van der Waals surface area contributed by atoms with Gasteiger partial charge in [-0.15, -0.1) is 0 Å². The van der Waals surface area contributed by atoms with Crippen molar-refractivity contribution in [2.45, 2.75) is 12.8 Å². The number of halogens is 1. The van der Waals surface area contributed by atoms with Crippen molar-refractivity contribution in [3.63, 3.8) is 0 Å². The maximum Gasteiger partial charge on any atom is 0.128 e. The largest absolute Gasteiger partial charge is 0.356 e. The average Bonchev–Trinajstić information content (AvgIpc) is 2.68. The van der Waals surface area contributed by atoms with Gasteiger partial charge in [-0.25, -0.2) is 4.98 Å². The third-order valence-corrected chi connectivity index (χ3v) is 3.23. The van der Waals surface area contributed by atoms with Gasteiger partial charge in [-0.05, 0) is 30.9 Å². The lowest BCUT2D eigenvalue weighted by molar-refractivity contribution is 0.575. The van der Waals surface area contributed by atoms with E-state index >= 15 is 0 Å². The molecule has 1 saturated heterocycles. The Morgan fingerprint density at radius 1 is 1.50 bits per heavy atom. The highest BCUT2D eigenvalue weighted by molar-refractivity contribution is 9.09. The van der Waals surface area contributed by atoms with Gasteiger partial charge in [-0.1, -0.05) is 22.0 Å². The second kappa shape index (κ2) is 4.78. The van der Waals surface area contributed by atoms with Crippen LogP contribution in [0.15, 0.2) is 24.4 Å². The van der Waals surface area contributed by atoms with E-state index < -0.39 is 0 Å². The van der Waals surface area contributed by atoms with Crippen LogP contribution in [0.25, 0.3) is 0 Å². The molecule has 0 saturated carbocycles. The molecule has 1 atom stereocenters. The minimum absolute atomic E-state index is 0.844. The fraction of sp³-hybridized carbons (Fsp3) is 0.545. The topological polar surface area (TPSA) is 16.1 Å². The monoisotopic (exact) mass is 254 g/mol. The average molecular weight is 255 g/mol. The molecule has 1 aromatic rings. The number of aromatic nitrogens is 1. The predicted molar refractivity (Wildman–Crippen MR) is 63.0 cm³/mol. The van der Waals surface area contributed by atoms with Gasteiger partial charge in [0.05, 0.1) is 0 Å². The van der Waals surface area contributed by atoms with E-state index in [1.165, 1.54) is 19.4 Å². The van der Waals surface area contributed by atoms with Crippen molar-refractivity contribution in [2.75, 3.05) is 23.3 Å². The summed E-state index contributed by atoms with van der Waals surface area (Å²) in [7, 11) is 0. The summed E-state index contributed by atoms with van der Waals surface area (Å²) in [5.74, 6) is 1.97. The summed E-state index contributed by atoms with van der Waals surface area (Å²) in [4.78, 5) is 6.75. The van der Waals surface area contributed by atoms with E-state index in [4.69, 9.17) is 0 Å². The summed E-state index contributed by atoms with van der Waals surface area (Å²) in [6.07, 6.45) is 4.46. The molecule has 1 aliphatic rings. The van der Waals surface area contributed by atoms with Crippen LogP contribution in [-0.2, 0) is 0 Å². The molecule has 0 amide bonds. The molecular weight excluding hydrogens is 240 g/mol. The normalized spacial score (nSPS) is 21.5. The first-order valence-electron chi connectivity index (χ1n) is 5.12. The SMILES string of the molecule is BrCCC1CCN(c2ccccn2)C1. The van der Waals surface area contributed by atoms with Crippen LogP contribution in [0.3, 0.4) is 0 Å². The number of nitrogens with zero attached hydrogens (tertiary/aromatic N) is 2. The Bertz CT molecular complexity index is 276. The Hall–Kier alpha value is -0.570. The van der Waals surface area contributed by atoms with E-state index in [-0.39, 0.29) is 0 Å². The molecule has 1 fully saturated rings. The van der Waals surface area contributed by atoms with Gasteiger partial charge in [-0.3, -0.25) is 0 Å². The Balaban J connectivity index is 1.96. The summed E-state index contributed by atoms with van der Waals surface area (Å²) < 4.78 is 0. The summed E-state index contributed by atoms with van der Waals surface area (Å²) >= 11 is 3.50. The quantitative estimate of drug-likeness (QED) is 0.772. The molecule has 0 bridgehead atoms. The van der Waals surface area contributed by atoms with E-state index in [0.717, 1.165) is 23.6 Å². The molecule has 3 heteroatoms. The summed E-state index contributed by atoms with van der Waals surface area (Å²) in [5.41, 5.74) is 0. The van der Waals surface area contributed by atoms with E-state index in [1.807, 2.05) is 12.3 Å². The fourth-order valence-corrected chi connectivity index (χ4v) is 2.62. The first-order valence-corrected chi connectivity index (χ1v) is 6.24. The van der Waals surface area contributed by atoms with Crippen LogP contribution >= 0.6 is 15.9 Å². The molecule has 0 aliphatic carbocycles. The molecule has 1 aliphatic heterocycles. The van der Waals surface area contributed by atoms with Gasteiger partial charge in [0, 0.05) is 24.6 Å². The highest BCUT2D eigenvalue weighted by Crippen LogP contribution is 2.24. The van der Waals surface area contributed by atoms with Crippen LogP contribution < -0.4 is 4.90 Å². The minimum atomic E-state index is 0.844. The molecule has 1 aromatic heterocycles. The van der Waals surface area contributed by atoms with E-state index in [9.17, 15) is 0 Å². The predicted octanol–water partition coefficient (Wildman–Crippen LogP) is 2.69. The Morgan fingerprint density at radius 3 is 3.14 bits per heavy atom. The summed E-state index contributed by atoms with van der Waals surface area (Å²) in [5, 5.41) is 1.12. The Labute approximate surface area is 93.5 Å². The van der Waals surface area contributed by atoms with Crippen molar-refractivity contribution >= 4 is 21.7 Å². The third kappa shape index (κ3) is 2.27. The number of hydrogen-bond donors (Lipinski definition) is 0. The summed E-state index contributed by atoms with van der Waals surface area (Å²) in [6.45, 7) is 2.33. The van der Waals surface area contributed by atoms with Gasteiger partial charge in [0.15, 0.2) is 0 Å². The summed E-state index contributed by atoms with van der Waals surface area (Å²) in [6, 6.07) is 6.12. The number of rotatable bonds is 3. The number of alkyl halides is 1. The van der Waals surface area contributed by atoms with Gasteiger partial charge in [-0.2, -0.15) is 0 Å². The van der Waals surface area contributed by atoms with Crippen molar-refractivity contribution in [1.82, 2.24) is 4.98 Å². The van der Waals surface area contributed by atoms with E-state index in [2.05, 4.69) is 37.9 Å². The van der Waals surface area contributed by atoms with Crippen molar-refractivity contribution in [3.8, 4) is 0 Å². The van der Waals surface area contributed by atoms with Crippen molar-refractivity contribution in [1.29, 1.82) is 0 Å². The molecule has 0 aromatic carbocycles. The molecule has 0 N–H and O–H groups in total. The van der Waals surface area contributed by atoms with Gasteiger partial charge in [0.2, 0.25) is 0 Å². The fourth-order valence-electron chi connectivity index (χ4n) is 1.97. The second-order valence-corrected chi connectivity index (χ2v) is 4.56. The molecule has 2 nitrogen and oxygen atoms in total. The molecule has 76 valence electrons. The Kier molecular flexibility index (Phi) is 3.40. The zero-order chi connectivity index (χ0) is 9.80. The second-order valence-electron chi connectivity index (χ2n) is 3.77. The maximum absolute atomic E-state index is 4.37. The number of pyridine rings is 1. The van der Waals surface area contributed by atoms with Crippen LogP contribution in [0, 0.1) is 5.92 Å². The van der Waals surface area contributed by atoms with Crippen molar-refractivity contribution < 1.29 is 0 Å². The van der Waals surface area contributed by atoms with Gasteiger partial charge < -0.3 is 4.90 Å². The van der Waals surface area contributed by atoms with Crippen LogP contribution in [0.5, 0.6) is 0 Å². The molecule has 1 unspecified atom stereocenters. The van der Waals surface area contributed by atoms with Gasteiger partial charge in [0.1, 0.15) is 5.82 Å². The molecule has 14 heavy (non-hydrogen) atoms. The third-order valence-electron chi connectivity index (χ3n) is 2.78. The molecule has 0 radical (unpaired) electrons. The maximum atomic E-state index is 4.37. The van der Waals surface area contributed by atoms with Crippen molar-refractivity contribution in [2.24, 2.45) is 5.92 Å². The minimum Gasteiger partial charge on any atom is -0.356 e. The van der Waals surface area contributed by atoms with Crippen molar-refractivity contribution in [3.05, 3.63) is 24.4 Å². The smallest absolute Gasteiger partial charge is 0.128 e. The van der Waals surface area contributed by atoms with Crippen LogP contribution in [-0.4, -0.2) is 23.4 Å². The van der Waals surface area contributed by atoms with Crippen LogP contribution in [0.4, 0.5) is 5.82 Å². The molecule has 2 rings (SSSR count). The lowest BCUT2D eigenvalue weighted by Crippen LogP contribution is -2.20. The first-order chi connectivity index (χ1) is 6.90. The highest BCUT2D eigenvalue weighted by Gasteiger charge is 2.22. The van der Waals surface area contributed by atoms with Crippen LogP contribution in [0.2, 0.25) is 0 Å². The van der Waals surface area contributed by atoms with E-state index in [0.29, 0.717) is 0 Å². The lowest BCUT2D eigenvalue weighted by atomic mass is 10.1. The van der Waals surface area contributed by atoms with E-state index in [1.54, 1.807) is 0 Å². The van der Waals surface area contributed by atoms with Gasteiger partial charge >= 0.3 is 0 Å². The highest BCUT2D eigenvalue weighted by atomic mass is 79.9. The number of hydrogen-bond acceptors (Lipinski definition) is 2. The molecule has 0 spiro atoms. The Morgan fingerprint density at radius 2 is 2.43 bits per heavy atom. The molecule has 2 heterocycles. The lowest BCUT2D eigenvalue weighted by Gasteiger charge is -2.16. The zero-order valence-corrected chi connectivity index (χ0v) is 9.78. The van der Waals surface area contributed by atoms with Crippen LogP contribution in [0.1, 0.15) is 12.8 Å². The standard InChI is InChI=1S/C11H15BrN2/c12-6-4-10-5-8-14(9-10)11-3-1-2-7-13-11/h1-3,7,10H,4-6,8-9H2. The van der Waals surface area contributed by atoms with Gasteiger partial charge in [0.25, 0.3) is 0 Å².